The standard InChI is InChI=1S/C23H28N4O4S/c1-5-27-22(16(3)31-20-9-7-8-19(14-20)29-4)25-26-23(27)32-15-21(28)24-17-10-12-18(13-11-17)30-6-2/h7-14,16H,5-6,15H2,1-4H3,(H,24,28). The molecular weight excluding hydrogens is 428 g/mol. The first-order valence-electron chi connectivity index (χ1n) is 10.4. The van der Waals surface area contributed by atoms with Crippen molar-refractivity contribution < 1.29 is 19.0 Å². The molecule has 1 atom stereocenters. The van der Waals surface area contributed by atoms with Gasteiger partial charge < -0.3 is 24.1 Å². The van der Waals surface area contributed by atoms with Crippen LogP contribution in [-0.2, 0) is 11.3 Å². The van der Waals surface area contributed by atoms with Crippen LogP contribution < -0.4 is 19.5 Å². The van der Waals surface area contributed by atoms with Gasteiger partial charge in [0, 0.05) is 18.3 Å². The Labute approximate surface area is 192 Å². The molecule has 0 fully saturated rings. The lowest BCUT2D eigenvalue weighted by Gasteiger charge is -2.16. The van der Waals surface area contributed by atoms with Crippen molar-refractivity contribution in [1.29, 1.82) is 0 Å². The van der Waals surface area contributed by atoms with Crippen molar-refractivity contribution in [3.05, 3.63) is 54.4 Å². The van der Waals surface area contributed by atoms with E-state index in [2.05, 4.69) is 15.5 Å². The summed E-state index contributed by atoms with van der Waals surface area (Å²) in [5, 5.41) is 12.1. The van der Waals surface area contributed by atoms with Gasteiger partial charge in [-0.05, 0) is 57.2 Å². The highest BCUT2D eigenvalue weighted by Gasteiger charge is 2.19. The highest BCUT2D eigenvalue weighted by atomic mass is 32.2. The Balaban J connectivity index is 1.59. The quantitative estimate of drug-likeness (QED) is 0.423. The van der Waals surface area contributed by atoms with Crippen molar-refractivity contribution in [3.8, 4) is 17.2 Å². The molecule has 0 aliphatic rings. The number of carbonyl (C=O) groups excluding carboxylic acids is 1. The minimum Gasteiger partial charge on any atom is -0.497 e. The first-order valence-corrected chi connectivity index (χ1v) is 11.4. The fourth-order valence-corrected chi connectivity index (χ4v) is 3.87. The molecule has 9 heteroatoms. The Morgan fingerprint density at radius 1 is 1.09 bits per heavy atom. The number of nitrogens with one attached hydrogen (secondary N) is 1. The molecule has 32 heavy (non-hydrogen) atoms. The number of nitrogens with zero attached hydrogens (tertiary/aromatic N) is 3. The van der Waals surface area contributed by atoms with E-state index < -0.39 is 0 Å². The maximum Gasteiger partial charge on any atom is 0.234 e. The van der Waals surface area contributed by atoms with Crippen molar-refractivity contribution in [2.24, 2.45) is 0 Å². The van der Waals surface area contributed by atoms with Gasteiger partial charge in [-0.15, -0.1) is 10.2 Å². The summed E-state index contributed by atoms with van der Waals surface area (Å²) in [5.41, 5.74) is 0.719. The second kappa shape index (κ2) is 11.4. The summed E-state index contributed by atoms with van der Waals surface area (Å²) in [5.74, 6) is 2.98. The van der Waals surface area contributed by atoms with Crippen LogP contribution in [0.1, 0.15) is 32.7 Å². The molecule has 2 aromatic carbocycles. The minimum absolute atomic E-state index is 0.118. The average Bonchev–Trinajstić information content (AvgIpc) is 3.22. The number of methoxy groups -OCH3 is 1. The van der Waals surface area contributed by atoms with Gasteiger partial charge in [-0.3, -0.25) is 4.79 Å². The summed E-state index contributed by atoms with van der Waals surface area (Å²) < 4.78 is 18.6. The van der Waals surface area contributed by atoms with Crippen molar-refractivity contribution in [1.82, 2.24) is 14.8 Å². The van der Waals surface area contributed by atoms with Crippen LogP contribution in [0.15, 0.2) is 53.7 Å². The molecular formula is C23H28N4O4S. The summed E-state index contributed by atoms with van der Waals surface area (Å²) in [6.45, 7) is 7.12. The number of ether oxygens (including phenoxy) is 3. The molecule has 1 amide bonds. The van der Waals surface area contributed by atoms with Gasteiger partial charge in [-0.25, -0.2) is 0 Å². The number of amides is 1. The van der Waals surface area contributed by atoms with Crippen LogP contribution in [0, 0.1) is 0 Å². The van der Waals surface area contributed by atoms with Gasteiger partial charge in [0.2, 0.25) is 5.91 Å². The van der Waals surface area contributed by atoms with Crippen molar-refractivity contribution in [2.45, 2.75) is 38.6 Å². The van der Waals surface area contributed by atoms with E-state index in [9.17, 15) is 4.79 Å². The zero-order valence-electron chi connectivity index (χ0n) is 18.7. The Morgan fingerprint density at radius 3 is 2.53 bits per heavy atom. The number of hydrogen-bond acceptors (Lipinski definition) is 7. The fourth-order valence-electron chi connectivity index (χ4n) is 3.06. The molecule has 0 aliphatic heterocycles. The van der Waals surface area contributed by atoms with Gasteiger partial charge in [0.15, 0.2) is 17.1 Å². The maximum absolute atomic E-state index is 12.4. The van der Waals surface area contributed by atoms with Crippen molar-refractivity contribution in [2.75, 3.05) is 24.8 Å². The van der Waals surface area contributed by atoms with Gasteiger partial charge >= 0.3 is 0 Å². The molecule has 1 unspecified atom stereocenters. The number of rotatable bonds is 11. The van der Waals surface area contributed by atoms with Gasteiger partial charge in [0.25, 0.3) is 0 Å². The monoisotopic (exact) mass is 456 g/mol. The molecule has 0 saturated heterocycles. The van der Waals surface area contributed by atoms with E-state index in [1.807, 2.05) is 73.9 Å². The highest BCUT2D eigenvalue weighted by Crippen LogP contribution is 2.27. The maximum atomic E-state index is 12.4. The van der Waals surface area contributed by atoms with Crippen LogP contribution >= 0.6 is 11.8 Å². The van der Waals surface area contributed by atoms with E-state index in [0.717, 1.165) is 17.2 Å². The summed E-state index contributed by atoms with van der Waals surface area (Å²) in [7, 11) is 1.62. The van der Waals surface area contributed by atoms with Gasteiger partial charge in [-0.2, -0.15) is 0 Å². The molecule has 8 nitrogen and oxygen atoms in total. The number of carbonyl (C=O) groups is 1. The summed E-state index contributed by atoms with van der Waals surface area (Å²) >= 11 is 1.34. The van der Waals surface area contributed by atoms with Crippen LogP contribution in [0.5, 0.6) is 17.2 Å². The molecule has 3 rings (SSSR count). The van der Waals surface area contributed by atoms with E-state index in [0.29, 0.717) is 29.9 Å². The molecule has 0 spiro atoms. The van der Waals surface area contributed by atoms with Gasteiger partial charge in [-0.1, -0.05) is 17.8 Å². The normalized spacial score (nSPS) is 11.6. The topological polar surface area (TPSA) is 87.5 Å². The molecule has 170 valence electrons. The highest BCUT2D eigenvalue weighted by molar-refractivity contribution is 7.99. The Kier molecular flexibility index (Phi) is 8.38. The number of benzene rings is 2. The third-order valence-electron chi connectivity index (χ3n) is 4.56. The van der Waals surface area contributed by atoms with Crippen LogP contribution in [0.25, 0.3) is 0 Å². The third-order valence-corrected chi connectivity index (χ3v) is 5.53. The van der Waals surface area contributed by atoms with Crippen molar-refractivity contribution in [3.63, 3.8) is 0 Å². The number of aromatic nitrogens is 3. The Bertz CT molecular complexity index is 1020. The lowest BCUT2D eigenvalue weighted by Crippen LogP contribution is -2.15. The number of anilines is 1. The zero-order valence-corrected chi connectivity index (χ0v) is 19.5. The van der Waals surface area contributed by atoms with Gasteiger partial charge in [0.05, 0.1) is 19.5 Å². The Hall–Kier alpha value is -3.20. The molecule has 1 aromatic heterocycles. The SMILES string of the molecule is CCOc1ccc(NC(=O)CSc2nnc(C(C)Oc3cccc(OC)c3)n2CC)cc1. The molecule has 0 saturated carbocycles. The van der Waals surface area contributed by atoms with Crippen molar-refractivity contribution >= 4 is 23.4 Å². The molecule has 0 radical (unpaired) electrons. The largest absolute Gasteiger partial charge is 0.497 e. The zero-order chi connectivity index (χ0) is 22.9. The van der Waals surface area contributed by atoms with E-state index in [1.54, 1.807) is 7.11 Å². The van der Waals surface area contributed by atoms with E-state index in [1.165, 1.54) is 11.8 Å². The molecule has 1 N–H and O–H groups in total. The molecule has 1 heterocycles. The van der Waals surface area contributed by atoms with E-state index in [-0.39, 0.29) is 17.8 Å². The molecule has 0 bridgehead atoms. The summed E-state index contributed by atoms with van der Waals surface area (Å²) in [4.78, 5) is 12.4. The second-order valence-electron chi connectivity index (χ2n) is 6.82. The van der Waals surface area contributed by atoms with E-state index in [4.69, 9.17) is 14.2 Å². The third kappa shape index (κ3) is 6.16. The molecule has 3 aromatic rings. The van der Waals surface area contributed by atoms with Crippen LogP contribution in [0.2, 0.25) is 0 Å². The predicted molar refractivity (Wildman–Crippen MR) is 125 cm³/mol. The first kappa shape index (κ1) is 23.5. The number of thioether (sulfide) groups is 1. The van der Waals surface area contributed by atoms with Gasteiger partial charge in [0.1, 0.15) is 17.2 Å². The smallest absolute Gasteiger partial charge is 0.234 e. The van der Waals surface area contributed by atoms with Crippen LogP contribution in [0.3, 0.4) is 0 Å². The van der Waals surface area contributed by atoms with E-state index >= 15 is 0 Å². The number of hydrogen-bond donors (Lipinski definition) is 1. The predicted octanol–water partition coefficient (Wildman–Crippen LogP) is 4.58. The second-order valence-corrected chi connectivity index (χ2v) is 7.76. The average molecular weight is 457 g/mol. The fraction of sp³-hybridized carbons (Fsp3) is 0.348. The summed E-state index contributed by atoms with van der Waals surface area (Å²) in [6, 6.07) is 14.7. The Morgan fingerprint density at radius 2 is 1.84 bits per heavy atom. The lowest BCUT2D eigenvalue weighted by atomic mass is 10.3. The van der Waals surface area contributed by atoms with Crippen LogP contribution in [-0.4, -0.2) is 40.1 Å². The van der Waals surface area contributed by atoms with Crippen LogP contribution in [0.4, 0.5) is 5.69 Å². The lowest BCUT2D eigenvalue weighted by molar-refractivity contribution is -0.113. The molecule has 0 aliphatic carbocycles. The summed E-state index contributed by atoms with van der Waals surface area (Å²) in [6.07, 6.45) is -0.318. The first-order chi connectivity index (χ1) is 15.5. The minimum atomic E-state index is -0.318.